The van der Waals surface area contributed by atoms with Gasteiger partial charge in [-0.1, -0.05) is 18.2 Å². The standard InChI is InChI=1S/C14H17N3O4/c18-12-7-6-10(16-12)8-15-14(21)17(9-13(19)20)11-4-2-1-3-5-11/h1-5,10H,6-9H2,(H,15,21)(H,16,18)(H,19,20). The smallest absolute Gasteiger partial charge is 0.323 e. The Hall–Kier alpha value is -2.57. The highest BCUT2D eigenvalue weighted by Crippen LogP contribution is 2.13. The van der Waals surface area contributed by atoms with Gasteiger partial charge in [-0.25, -0.2) is 4.79 Å². The first-order valence-electron chi connectivity index (χ1n) is 6.68. The zero-order valence-corrected chi connectivity index (χ0v) is 11.4. The monoisotopic (exact) mass is 291 g/mol. The summed E-state index contributed by atoms with van der Waals surface area (Å²) in [6.45, 7) is -0.138. The molecule has 1 unspecified atom stereocenters. The van der Waals surface area contributed by atoms with Crippen LogP contribution in [0.1, 0.15) is 12.8 Å². The molecule has 1 atom stereocenters. The van der Waals surface area contributed by atoms with Crippen molar-refractivity contribution in [2.24, 2.45) is 0 Å². The number of para-hydroxylation sites is 1. The average Bonchev–Trinajstić information content (AvgIpc) is 2.88. The lowest BCUT2D eigenvalue weighted by Crippen LogP contribution is -2.47. The molecule has 3 N–H and O–H groups in total. The summed E-state index contributed by atoms with van der Waals surface area (Å²) in [5, 5.41) is 14.3. The summed E-state index contributed by atoms with van der Waals surface area (Å²) in [7, 11) is 0. The van der Waals surface area contributed by atoms with E-state index in [1.165, 1.54) is 0 Å². The van der Waals surface area contributed by atoms with E-state index in [0.29, 0.717) is 18.5 Å². The van der Waals surface area contributed by atoms with E-state index < -0.39 is 18.5 Å². The second kappa shape index (κ2) is 6.74. The molecule has 0 bridgehead atoms. The van der Waals surface area contributed by atoms with Gasteiger partial charge in [-0.15, -0.1) is 0 Å². The molecule has 7 nitrogen and oxygen atoms in total. The molecule has 0 aromatic heterocycles. The Bertz CT molecular complexity index is 532. The fourth-order valence-corrected chi connectivity index (χ4v) is 2.16. The van der Waals surface area contributed by atoms with Crippen LogP contribution >= 0.6 is 0 Å². The molecule has 1 aliphatic heterocycles. The Labute approximate surface area is 121 Å². The van der Waals surface area contributed by atoms with Crippen molar-refractivity contribution in [3.05, 3.63) is 30.3 Å². The molecule has 7 heteroatoms. The third kappa shape index (κ3) is 4.20. The largest absolute Gasteiger partial charge is 0.480 e. The molecule has 2 rings (SSSR count). The number of carboxylic acids is 1. The number of hydrogen-bond donors (Lipinski definition) is 3. The van der Waals surface area contributed by atoms with Gasteiger partial charge in [0.15, 0.2) is 0 Å². The maximum Gasteiger partial charge on any atom is 0.323 e. The highest BCUT2D eigenvalue weighted by Gasteiger charge is 2.23. The van der Waals surface area contributed by atoms with E-state index in [2.05, 4.69) is 10.6 Å². The van der Waals surface area contributed by atoms with Crippen LogP contribution in [0.4, 0.5) is 10.5 Å². The van der Waals surface area contributed by atoms with Gasteiger partial charge in [0, 0.05) is 24.7 Å². The first kappa shape index (κ1) is 14.8. The van der Waals surface area contributed by atoms with Crippen LogP contribution in [0.15, 0.2) is 30.3 Å². The van der Waals surface area contributed by atoms with E-state index in [1.54, 1.807) is 30.3 Å². The topological polar surface area (TPSA) is 98.7 Å². The van der Waals surface area contributed by atoms with Crippen LogP contribution in [0.2, 0.25) is 0 Å². The maximum atomic E-state index is 12.2. The molecule has 112 valence electrons. The number of carbonyl (C=O) groups is 3. The summed E-state index contributed by atoms with van der Waals surface area (Å²) < 4.78 is 0. The summed E-state index contributed by atoms with van der Waals surface area (Å²) >= 11 is 0. The van der Waals surface area contributed by atoms with Crippen LogP contribution in [-0.4, -0.2) is 42.1 Å². The number of hydrogen-bond acceptors (Lipinski definition) is 3. The summed E-state index contributed by atoms with van der Waals surface area (Å²) in [6, 6.07) is 7.99. The van der Waals surface area contributed by atoms with Crippen molar-refractivity contribution in [1.29, 1.82) is 0 Å². The quantitative estimate of drug-likeness (QED) is 0.738. The Morgan fingerprint density at radius 2 is 2.05 bits per heavy atom. The molecule has 1 saturated heterocycles. The Morgan fingerprint density at radius 3 is 2.62 bits per heavy atom. The zero-order chi connectivity index (χ0) is 15.2. The normalized spacial score (nSPS) is 17.1. The number of amides is 3. The van der Waals surface area contributed by atoms with Gasteiger partial charge in [-0.2, -0.15) is 0 Å². The lowest BCUT2D eigenvalue weighted by Gasteiger charge is -2.22. The van der Waals surface area contributed by atoms with Crippen molar-refractivity contribution < 1.29 is 19.5 Å². The van der Waals surface area contributed by atoms with E-state index in [0.717, 1.165) is 4.90 Å². The van der Waals surface area contributed by atoms with Crippen molar-refractivity contribution in [3.8, 4) is 0 Å². The third-order valence-corrected chi connectivity index (χ3v) is 3.19. The number of nitrogens with zero attached hydrogens (tertiary/aromatic N) is 1. The number of carbonyl (C=O) groups excluding carboxylic acids is 2. The number of benzene rings is 1. The van der Waals surface area contributed by atoms with E-state index in [-0.39, 0.29) is 18.5 Å². The van der Waals surface area contributed by atoms with Crippen LogP contribution in [0.3, 0.4) is 0 Å². The molecule has 0 spiro atoms. The molecule has 3 amide bonds. The highest BCUT2D eigenvalue weighted by atomic mass is 16.4. The number of anilines is 1. The number of urea groups is 1. The van der Waals surface area contributed by atoms with Crippen LogP contribution in [-0.2, 0) is 9.59 Å². The van der Waals surface area contributed by atoms with Gasteiger partial charge in [-0.05, 0) is 18.6 Å². The Kier molecular flexibility index (Phi) is 4.76. The number of rotatable bonds is 5. The molecule has 1 aliphatic rings. The van der Waals surface area contributed by atoms with E-state index in [9.17, 15) is 14.4 Å². The van der Waals surface area contributed by atoms with Crippen molar-refractivity contribution >= 4 is 23.6 Å². The number of aliphatic carboxylic acids is 1. The van der Waals surface area contributed by atoms with Gasteiger partial charge >= 0.3 is 12.0 Å². The fraction of sp³-hybridized carbons (Fsp3) is 0.357. The summed E-state index contributed by atoms with van der Waals surface area (Å²) in [5.74, 6) is -1.12. The molecular weight excluding hydrogens is 274 g/mol. The predicted molar refractivity (Wildman–Crippen MR) is 76.0 cm³/mol. The maximum absolute atomic E-state index is 12.2. The minimum Gasteiger partial charge on any atom is -0.480 e. The number of nitrogens with one attached hydrogen (secondary N) is 2. The molecule has 0 saturated carbocycles. The fourth-order valence-electron chi connectivity index (χ4n) is 2.16. The molecule has 1 aromatic carbocycles. The SMILES string of the molecule is O=C(O)CN(C(=O)NCC1CCC(=O)N1)c1ccccc1. The second-order valence-corrected chi connectivity index (χ2v) is 4.80. The van der Waals surface area contributed by atoms with Crippen molar-refractivity contribution in [2.75, 3.05) is 18.0 Å². The molecule has 1 aromatic rings. The Balaban J connectivity index is 1.97. The lowest BCUT2D eigenvalue weighted by molar-refractivity contribution is -0.135. The summed E-state index contributed by atoms with van der Waals surface area (Å²) in [4.78, 5) is 35.3. The van der Waals surface area contributed by atoms with Crippen molar-refractivity contribution in [3.63, 3.8) is 0 Å². The minimum atomic E-state index is -1.09. The minimum absolute atomic E-state index is 0.0281. The van der Waals surface area contributed by atoms with E-state index >= 15 is 0 Å². The van der Waals surface area contributed by atoms with Gasteiger partial charge in [0.05, 0.1) is 0 Å². The van der Waals surface area contributed by atoms with Crippen LogP contribution in [0.25, 0.3) is 0 Å². The lowest BCUT2D eigenvalue weighted by atomic mass is 10.2. The first-order chi connectivity index (χ1) is 10.1. The van der Waals surface area contributed by atoms with Gasteiger partial charge in [0.2, 0.25) is 5.91 Å². The first-order valence-corrected chi connectivity index (χ1v) is 6.68. The van der Waals surface area contributed by atoms with Gasteiger partial charge < -0.3 is 15.7 Å². The molecule has 21 heavy (non-hydrogen) atoms. The Morgan fingerprint density at radius 1 is 1.33 bits per heavy atom. The van der Waals surface area contributed by atoms with Crippen LogP contribution < -0.4 is 15.5 Å². The van der Waals surface area contributed by atoms with Crippen molar-refractivity contribution in [1.82, 2.24) is 10.6 Å². The second-order valence-electron chi connectivity index (χ2n) is 4.80. The number of carboxylic acid groups (broad SMARTS) is 1. The van der Waals surface area contributed by atoms with E-state index in [4.69, 9.17) is 5.11 Å². The summed E-state index contributed by atoms with van der Waals surface area (Å²) in [6.07, 6.45) is 1.13. The van der Waals surface area contributed by atoms with Gasteiger partial charge in [0.1, 0.15) is 6.54 Å². The molecule has 0 aliphatic carbocycles. The van der Waals surface area contributed by atoms with E-state index in [1.807, 2.05) is 0 Å². The summed E-state index contributed by atoms with van der Waals surface area (Å²) in [5.41, 5.74) is 0.507. The van der Waals surface area contributed by atoms with Crippen LogP contribution in [0, 0.1) is 0 Å². The van der Waals surface area contributed by atoms with Gasteiger partial charge in [0.25, 0.3) is 0 Å². The highest BCUT2D eigenvalue weighted by molar-refractivity contribution is 5.96. The molecular formula is C14H17N3O4. The molecule has 1 fully saturated rings. The average molecular weight is 291 g/mol. The van der Waals surface area contributed by atoms with Crippen LogP contribution in [0.5, 0.6) is 0 Å². The zero-order valence-electron chi connectivity index (χ0n) is 11.4. The van der Waals surface area contributed by atoms with Crippen molar-refractivity contribution in [2.45, 2.75) is 18.9 Å². The third-order valence-electron chi connectivity index (χ3n) is 3.19. The molecule has 0 radical (unpaired) electrons. The van der Waals surface area contributed by atoms with Gasteiger partial charge in [-0.3, -0.25) is 14.5 Å². The molecule has 1 heterocycles. The predicted octanol–water partition coefficient (Wildman–Crippen LogP) is 0.566.